The summed E-state index contributed by atoms with van der Waals surface area (Å²) in [6, 6.07) is 54.2. The van der Waals surface area contributed by atoms with Crippen LogP contribution in [-0.4, -0.2) is 0 Å². The zero-order valence-corrected chi connectivity index (χ0v) is 33.2. The minimum Gasteiger partial charge on any atom is -0.454 e. The number of nitrogens with zero attached hydrogens (tertiary/aromatic N) is 1. The fourth-order valence-corrected chi connectivity index (χ4v) is 10.4. The van der Waals surface area contributed by atoms with Crippen molar-refractivity contribution in [2.24, 2.45) is 0 Å². The average molecular weight is 724 g/mol. The lowest BCUT2D eigenvalue weighted by Gasteiger charge is -2.27. The Morgan fingerprint density at radius 3 is 1.70 bits per heavy atom. The summed E-state index contributed by atoms with van der Waals surface area (Å²) in [6.45, 7) is 16.4. The molecule has 2 aliphatic rings. The molecular weight excluding hydrogens is 679 g/mol. The van der Waals surface area contributed by atoms with Crippen molar-refractivity contribution in [2.45, 2.75) is 64.7 Å². The van der Waals surface area contributed by atoms with E-state index in [9.17, 15) is 0 Å². The second-order valence-corrected chi connectivity index (χ2v) is 18.2. The third-order valence-electron chi connectivity index (χ3n) is 13.1. The summed E-state index contributed by atoms with van der Waals surface area (Å²) in [5.41, 5.74) is 17.2. The molecule has 1 heterocycles. The Hall–Kier alpha value is -6.12. The van der Waals surface area contributed by atoms with Crippen molar-refractivity contribution in [2.75, 3.05) is 4.90 Å². The van der Waals surface area contributed by atoms with Crippen molar-refractivity contribution in [1.82, 2.24) is 0 Å². The number of furan rings is 1. The van der Waals surface area contributed by atoms with Crippen LogP contribution in [0.5, 0.6) is 0 Å². The molecule has 56 heavy (non-hydrogen) atoms. The van der Waals surface area contributed by atoms with Crippen molar-refractivity contribution in [3.8, 4) is 22.3 Å². The van der Waals surface area contributed by atoms with E-state index >= 15 is 0 Å². The van der Waals surface area contributed by atoms with E-state index in [0.29, 0.717) is 0 Å². The molecule has 2 aliphatic carbocycles. The molecule has 0 bridgehead atoms. The van der Waals surface area contributed by atoms with Gasteiger partial charge in [-0.1, -0.05) is 152 Å². The largest absolute Gasteiger partial charge is 0.454 e. The zero-order chi connectivity index (χ0) is 38.3. The fourth-order valence-electron chi connectivity index (χ4n) is 10.4. The maximum Gasteiger partial charge on any atom is 0.159 e. The average Bonchev–Trinajstić information content (AvgIpc) is 3.77. The molecule has 0 aliphatic heterocycles. The highest BCUT2D eigenvalue weighted by Crippen LogP contribution is 2.58. The number of anilines is 3. The monoisotopic (exact) mass is 723 g/mol. The highest BCUT2D eigenvalue weighted by atomic mass is 16.3. The van der Waals surface area contributed by atoms with Gasteiger partial charge in [-0.25, -0.2) is 0 Å². The van der Waals surface area contributed by atoms with Crippen LogP contribution in [0.4, 0.5) is 17.1 Å². The van der Waals surface area contributed by atoms with E-state index in [2.05, 4.69) is 199 Å². The zero-order valence-electron chi connectivity index (χ0n) is 33.2. The number of hydrogen-bond donors (Lipinski definition) is 0. The van der Waals surface area contributed by atoms with Crippen LogP contribution in [0.3, 0.4) is 0 Å². The predicted octanol–water partition coefficient (Wildman–Crippen LogP) is 15.3. The molecule has 0 unspecified atom stereocenters. The first-order chi connectivity index (χ1) is 26.9. The van der Waals surface area contributed by atoms with Crippen LogP contribution >= 0.6 is 0 Å². The van der Waals surface area contributed by atoms with Gasteiger partial charge in [-0.15, -0.1) is 0 Å². The summed E-state index contributed by atoms with van der Waals surface area (Å²) in [7, 11) is 0. The van der Waals surface area contributed by atoms with Gasteiger partial charge in [0.15, 0.2) is 5.58 Å². The molecule has 0 spiro atoms. The molecule has 8 aromatic carbocycles. The number of benzene rings is 8. The van der Waals surface area contributed by atoms with Crippen molar-refractivity contribution in [3.05, 3.63) is 173 Å². The number of para-hydroxylation sites is 3. The Morgan fingerprint density at radius 1 is 0.446 bits per heavy atom. The molecule has 272 valence electrons. The Morgan fingerprint density at radius 2 is 1.02 bits per heavy atom. The molecule has 0 N–H and O–H groups in total. The quantitative estimate of drug-likeness (QED) is 0.180. The summed E-state index contributed by atoms with van der Waals surface area (Å²) in [5.74, 6) is 0. The molecule has 2 nitrogen and oxygen atoms in total. The van der Waals surface area contributed by atoms with Gasteiger partial charge in [-0.3, -0.25) is 0 Å². The highest BCUT2D eigenvalue weighted by Gasteiger charge is 2.43. The molecule has 0 saturated heterocycles. The van der Waals surface area contributed by atoms with Crippen LogP contribution in [0.2, 0.25) is 0 Å². The molecule has 0 amide bonds. The maximum absolute atomic E-state index is 6.93. The van der Waals surface area contributed by atoms with Crippen LogP contribution < -0.4 is 4.90 Å². The van der Waals surface area contributed by atoms with E-state index in [1.807, 2.05) is 0 Å². The first-order valence-corrected chi connectivity index (χ1v) is 20.0. The molecule has 0 fully saturated rings. The second kappa shape index (κ2) is 11.2. The van der Waals surface area contributed by atoms with Crippen LogP contribution in [0.15, 0.2) is 150 Å². The summed E-state index contributed by atoms with van der Waals surface area (Å²) >= 11 is 0. The van der Waals surface area contributed by atoms with Gasteiger partial charge in [0.2, 0.25) is 0 Å². The first kappa shape index (κ1) is 33.2. The molecule has 1 aromatic heterocycles. The molecule has 2 heteroatoms. The van der Waals surface area contributed by atoms with Crippen molar-refractivity contribution in [1.29, 1.82) is 0 Å². The first-order valence-electron chi connectivity index (χ1n) is 20.0. The van der Waals surface area contributed by atoms with E-state index in [-0.39, 0.29) is 16.2 Å². The van der Waals surface area contributed by atoms with Gasteiger partial charge in [0.1, 0.15) is 5.58 Å². The fraction of sp³-hybridized carbons (Fsp3) is 0.185. The van der Waals surface area contributed by atoms with Gasteiger partial charge in [-0.2, -0.15) is 0 Å². The van der Waals surface area contributed by atoms with Crippen molar-refractivity contribution < 1.29 is 4.42 Å². The van der Waals surface area contributed by atoms with E-state index in [1.54, 1.807) is 0 Å². The second-order valence-electron chi connectivity index (χ2n) is 18.2. The normalized spacial score (nSPS) is 15.0. The predicted molar refractivity (Wildman–Crippen MR) is 237 cm³/mol. The summed E-state index contributed by atoms with van der Waals surface area (Å²) in [4.78, 5) is 2.36. The molecule has 9 aromatic rings. The molecule has 0 atom stereocenters. The van der Waals surface area contributed by atoms with E-state index in [1.165, 1.54) is 71.6 Å². The Kier molecular flexibility index (Phi) is 6.67. The molecule has 0 saturated carbocycles. The number of fused-ring (bicyclic) bond motifs is 13. The molecular formula is C54H45NO. The maximum atomic E-state index is 6.93. The lowest BCUT2D eigenvalue weighted by atomic mass is 9.78. The lowest BCUT2D eigenvalue weighted by molar-refractivity contribution is 0.573. The topological polar surface area (TPSA) is 16.4 Å². The van der Waals surface area contributed by atoms with E-state index in [0.717, 1.165) is 39.0 Å². The van der Waals surface area contributed by atoms with Crippen molar-refractivity contribution in [3.63, 3.8) is 0 Å². The van der Waals surface area contributed by atoms with Crippen LogP contribution in [0.25, 0.3) is 65.7 Å². The van der Waals surface area contributed by atoms with Crippen LogP contribution in [0.1, 0.15) is 76.3 Å². The van der Waals surface area contributed by atoms with Crippen LogP contribution in [-0.2, 0) is 16.2 Å². The van der Waals surface area contributed by atoms with Gasteiger partial charge in [0.25, 0.3) is 0 Å². The third-order valence-corrected chi connectivity index (χ3v) is 13.1. The standard InChI is InChI=1S/C54H45NO/c1-52(2,3)44-21-13-19-40-41-20-14-22-47(51(41)56-50(40)44)55(34-16-9-8-10-17-34)35-25-28-37-33(29-35)24-27-39-43-31-45-42(30-46(43)54(6,7)49(37)39)38-26-23-32-15-11-12-18-36(32)48(38)53(45,4)5/h8-31H,1-7H3. The third kappa shape index (κ3) is 4.44. The SMILES string of the molecule is CC(C)(C)c1cccc2c1oc1c(N(c3ccccc3)c3ccc4c5c(ccc4c3)-c3cc4c(cc3C5(C)C)-c3ccc5ccccc5c3C4(C)C)cccc12. The van der Waals surface area contributed by atoms with E-state index in [4.69, 9.17) is 4.42 Å². The smallest absolute Gasteiger partial charge is 0.159 e. The number of rotatable bonds is 3. The Bertz CT molecular complexity index is 3120. The van der Waals surface area contributed by atoms with E-state index < -0.39 is 0 Å². The van der Waals surface area contributed by atoms with Crippen LogP contribution in [0, 0.1) is 0 Å². The minimum absolute atomic E-state index is 0.0472. The van der Waals surface area contributed by atoms with Gasteiger partial charge in [0, 0.05) is 38.5 Å². The van der Waals surface area contributed by atoms with Crippen molar-refractivity contribution >= 4 is 60.5 Å². The summed E-state index contributed by atoms with van der Waals surface area (Å²) < 4.78 is 6.93. The lowest BCUT2D eigenvalue weighted by Crippen LogP contribution is -2.17. The van der Waals surface area contributed by atoms with Gasteiger partial charge in [-0.05, 0) is 114 Å². The summed E-state index contributed by atoms with van der Waals surface area (Å²) in [5, 5.41) is 7.51. The minimum atomic E-state index is -0.172. The Balaban J connectivity index is 1.08. The van der Waals surface area contributed by atoms with Gasteiger partial charge < -0.3 is 9.32 Å². The molecule has 0 radical (unpaired) electrons. The summed E-state index contributed by atoms with van der Waals surface area (Å²) in [6.07, 6.45) is 0. The Labute approximate surface area is 329 Å². The van der Waals surface area contributed by atoms with Gasteiger partial charge >= 0.3 is 0 Å². The van der Waals surface area contributed by atoms with Gasteiger partial charge in [0.05, 0.1) is 5.69 Å². The highest BCUT2D eigenvalue weighted by molar-refractivity contribution is 6.11. The molecule has 11 rings (SSSR count). The number of hydrogen-bond acceptors (Lipinski definition) is 2.